The summed E-state index contributed by atoms with van der Waals surface area (Å²) in [6.07, 6.45) is 9.23. The average Bonchev–Trinajstić information content (AvgIpc) is 3.97. The van der Waals surface area contributed by atoms with Gasteiger partial charge < -0.3 is 24.6 Å². The summed E-state index contributed by atoms with van der Waals surface area (Å²) in [5.74, 6) is -0.106. The molecule has 7 rings (SSSR count). The van der Waals surface area contributed by atoms with E-state index < -0.39 is 5.60 Å². The van der Waals surface area contributed by atoms with Gasteiger partial charge in [0, 0.05) is 57.0 Å². The van der Waals surface area contributed by atoms with Crippen LogP contribution in [-0.4, -0.2) is 109 Å². The molecule has 3 fully saturated rings. The topological polar surface area (TPSA) is 99.6 Å². The van der Waals surface area contributed by atoms with Gasteiger partial charge >= 0.3 is 6.09 Å². The van der Waals surface area contributed by atoms with Crippen molar-refractivity contribution >= 4 is 41.6 Å². The maximum Gasteiger partial charge on any atom is 0.409 e. The van der Waals surface area contributed by atoms with Crippen LogP contribution in [0.2, 0.25) is 5.02 Å². The molecule has 2 amide bonds. The summed E-state index contributed by atoms with van der Waals surface area (Å²) in [6, 6.07) is 9.39. The number of halogens is 1. The molecule has 2 aromatic rings. The number of pyridine rings is 1. The SMILES string of the molecule is COC1(C(=O)NC(C2=Cc3cccnc3C(N3CCN(C(=O)OCC4(C)CC4)CC3)c3ccc(Cl)cc32)C2CN=CN2C)CC1. The fraction of sp³-hybridized carbons (Fsp3) is 0.529. The Morgan fingerprint density at radius 3 is 2.58 bits per heavy atom. The van der Waals surface area contributed by atoms with E-state index in [0.29, 0.717) is 57.2 Å². The minimum atomic E-state index is -0.780. The van der Waals surface area contributed by atoms with Gasteiger partial charge in [0.15, 0.2) is 0 Å². The minimum absolute atomic E-state index is 0.0937. The van der Waals surface area contributed by atoms with Crippen LogP contribution >= 0.6 is 11.6 Å². The van der Waals surface area contributed by atoms with Gasteiger partial charge in [-0.25, -0.2) is 4.79 Å². The predicted molar refractivity (Wildman–Crippen MR) is 173 cm³/mol. The minimum Gasteiger partial charge on any atom is -0.449 e. The van der Waals surface area contributed by atoms with Crippen molar-refractivity contribution in [2.75, 3.05) is 53.5 Å². The molecule has 1 saturated heterocycles. The first-order chi connectivity index (χ1) is 21.7. The Kier molecular flexibility index (Phi) is 7.86. The second-order valence-electron chi connectivity index (χ2n) is 13.5. The Labute approximate surface area is 269 Å². The summed E-state index contributed by atoms with van der Waals surface area (Å²) in [5.41, 5.74) is 4.29. The molecule has 1 aromatic heterocycles. The van der Waals surface area contributed by atoms with Crippen molar-refractivity contribution in [3.05, 3.63) is 63.9 Å². The second kappa shape index (κ2) is 11.7. The number of aliphatic imine (C=N–C) groups is 1. The zero-order valence-corrected chi connectivity index (χ0v) is 26.9. The van der Waals surface area contributed by atoms with Crippen molar-refractivity contribution in [2.24, 2.45) is 10.4 Å². The van der Waals surface area contributed by atoms with E-state index in [1.54, 1.807) is 7.11 Å². The molecule has 3 heterocycles. The lowest BCUT2D eigenvalue weighted by atomic mass is 9.87. The highest BCUT2D eigenvalue weighted by molar-refractivity contribution is 6.30. The van der Waals surface area contributed by atoms with Gasteiger partial charge in [-0.15, -0.1) is 0 Å². The molecular weight excluding hydrogens is 592 g/mol. The number of piperazine rings is 1. The number of methoxy groups -OCH3 is 1. The number of amides is 2. The summed E-state index contributed by atoms with van der Waals surface area (Å²) in [4.78, 5) is 42.3. The number of hydrogen-bond donors (Lipinski definition) is 1. The van der Waals surface area contributed by atoms with Crippen LogP contribution in [0.25, 0.3) is 11.6 Å². The Morgan fingerprint density at radius 2 is 1.91 bits per heavy atom. The number of carbonyl (C=O) groups is 2. The molecule has 2 saturated carbocycles. The zero-order chi connectivity index (χ0) is 31.3. The van der Waals surface area contributed by atoms with E-state index in [-0.39, 0.29) is 35.5 Å². The van der Waals surface area contributed by atoms with E-state index in [1.807, 2.05) is 42.7 Å². The molecule has 0 spiro atoms. The Bertz CT molecular complexity index is 1540. The molecule has 3 atom stereocenters. The van der Waals surface area contributed by atoms with E-state index in [4.69, 9.17) is 26.1 Å². The number of ether oxygens (including phenoxy) is 2. The van der Waals surface area contributed by atoms with Gasteiger partial charge in [-0.2, -0.15) is 0 Å². The van der Waals surface area contributed by atoms with Crippen LogP contribution < -0.4 is 5.32 Å². The first kappa shape index (κ1) is 30.2. The van der Waals surface area contributed by atoms with Crippen molar-refractivity contribution in [3.63, 3.8) is 0 Å². The van der Waals surface area contributed by atoms with Crippen LogP contribution in [0.5, 0.6) is 0 Å². The number of fused-ring (bicyclic) bond motifs is 2. The maximum absolute atomic E-state index is 13.7. The van der Waals surface area contributed by atoms with Gasteiger partial charge in [-0.05, 0) is 72.2 Å². The number of nitrogens with zero attached hydrogens (tertiary/aromatic N) is 5. The van der Waals surface area contributed by atoms with Crippen molar-refractivity contribution < 1.29 is 19.1 Å². The fourth-order valence-corrected chi connectivity index (χ4v) is 6.97. The molecule has 2 aliphatic heterocycles. The number of rotatable bonds is 8. The average molecular weight is 633 g/mol. The highest BCUT2D eigenvalue weighted by Gasteiger charge is 2.52. The first-order valence-corrected chi connectivity index (χ1v) is 16.3. The maximum atomic E-state index is 13.7. The molecule has 238 valence electrons. The predicted octanol–water partition coefficient (Wildman–Crippen LogP) is 4.24. The highest BCUT2D eigenvalue weighted by Crippen LogP contribution is 2.46. The number of aromatic nitrogens is 1. The van der Waals surface area contributed by atoms with Crippen molar-refractivity contribution in [1.82, 2.24) is 25.0 Å². The van der Waals surface area contributed by atoms with Gasteiger partial charge in [0.2, 0.25) is 0 Å². The third kappa shape index (κ3) is 5.84. The Morgan fingerprint density at radius 1 is 1.13 bits per heavy atom. The Hall–Kier alpha value is -3.47. The van der Waals surface area contributed by atoms with Crippen molar-refractivity contribution in [1.29, 1.82) is 0 Å². The standard InChI is InChI=1S/C34H41ClN6O4/c1-33(8-9-33)20-45-32(43)41-15-13-40(14-16-41)30-24-7-6-23(35)18-25(24)26(17-22-5-4-12-37-28(22)30)29(27-19-36-21-39(27)2)38-31(42)34(44-3)10-11-34/h4-7,12,17-18,21,27,29-30H,8-11,13-16,19-20H2,1-3H3,(H,38,42). The monoisotopic (exact) mass is 632 g/mol. The number of nitrogens with one attached hydrogen (secondary N) is 1. The fourth-order valence-electron chi connectivity index (χ4n) is 6.79. The lowest BCUT2D eigenvalue weighted by Gasteiger charge is -2.39. The van der Waals surface area contributed by atoms with Crippen LogP contribution in [0.4, 0.5) is 4.79 Å². The quantitative estimate of drug-likeness (QED) is 0.465. The number of likely N-dealkylation sites (N-methyl/N-ethyl adjacent to an activating group) is 1. The molecule has 1 aromatic carbocycles. The molecule has 11 heteroatoms. The lowest BCUT2D eigenvalue weighted by molar-refractivity contribution is -0.134. The van der Waals surface area contributed by atoms with Crippen LogP contribution in [0.3, 0.4) is 0 Å². The molecule has 45 heavy (non-hydrogen) atoms. The van der Waals surface area contributed by atoms with E-state index in [9.17, 15) is 9.59 Å². The summed E-state index contributed by atoms with van der Waals surface area (Å²) >= 11 is 6.71. The number of hydrogen-bond acceptors (Lipinski definition) is 8. The molecule has 0 bridgehead atoms. The number of benzene rings is 1. The van der Waals surface area contributed by atoms with Crippen LogP contribution in [0, 0.1) is 5.41 Å². The number of carbonyl (C=O) groups excluding carboxylic acids is 2. The van der Waals surface area contributed by atoms with E-state index in [0.717, 1.165) is 40.8 Å². The third-order valence-electron chi connectivity index (χ3n) is 10.2. The van der Waals surface area contributed by atoms with Crippen molar-refractivity contribution in [3.8, 4) is 0 Å². The molecule has 1 N–H and O–H groups in total. The van der Waals surface area contributed by atoms with Gasteiger partial charge in [0.1, 0.15) is 5.60 Å². The molecule has 3 unspecified atom stereocenters. The first-order valence-electron chi connectivity index (χ1n) is 15.9. The molecule has 10 nitrogen and oxygen atoms in total. The molecule has 0 radical (unpaired) electrons. The highest BCUT2D eigenvalue weighted by atomic mass is 35.5. The Balaban J connectivity index is 1.23. The normalized spacial score (nSPS) is 25.0. The second-order valence-corrected chi connectivity index (χ2v) is 13.9. The van der Waals surface area contributed by atoms with Gasteiger partial charge in [0.25, 0.3) is 5.91 Å². The van der Waals surface area contributed by atoms with Crippen LogP contribution in [-0.2, 0) is 14.3 Å². The van der Waals surface area contributed by atoms with E-state index in [1.165, 1.54) is 0 Å². The van der Waals surface area contributed by atoms with Gasteiger partial charge in [-0.1, -0.05) is 30.7 Å². The zero-order valence-electron chi connectivity index (χ0n) is 26.2. The van der Waals surface area contributed by atoms with Crippen molar-refractivity contribution in [2.45, 2.75) is 56.3 Å². The summed E-state index contributed by atoms with van der Waals surface area (Å²) in [6.45, 7) is 5.67. The third-order valence-corrected chi connectivity index (χ3v) is 10.5. The van der Waals surface area contributed by atoms with Gasteiger partial charge in [0.05, 0.1) is 43.3 Å². The smallest absolute Gasteiger partial charge is 0.409 e. The van der Waals surface area contributed by atoms with Gasteiger partial charge in [-0.3, -0.25) is 19.7 Å². The van der Waals surface area contributed by atoms with Crippen LogP contribution in [0.1, 0.15) is 61.0 Å². The molecule has 5 aliphatic rings. The molecular formula is C34H41ClN6O4. The summed E-state index contributed by atoms with van der Waals surface area (Å²) < 4.78 is 11.3. The lowest BCUT2D eigenvalue weighted by Crippen LogP contribution is -2.53. The summed E-state index contributed by atoms with van der Waals surface area (Å²) in [5, 5.41) is 4.00. The largest absolute Gasteiger partial charge is 0.449 e. The molecule has 3 aliphatic carbocycles. The summed E-state index contributed by atoms with van der Waals surface area (Å²) in [7, 11) is 3.60. The van der Waals surface area contributed by atoms with E-state index in [2.05, 4.69) is 45.2 Å². The van der Waals surface area contributed by atoms with Crippen LogP contribution in [0.15, 0.2) is 41.5 Å². The van der Waals surface area contributed by atoms with E-state index >= 15 is 0 Å².